The molecule has 0 unspecified atom stereocenters. The first kappa shape index (κ1) is 13.6. The molecule has 0 aromatic carbocycles. The SMILES string of the molecule is CCNc1nc(C(C)(C)C)nc(-c2ccc[nH]2)c1C. The average molecular weight is 258 g/mol. The maximum Gasteiger partial charge on any atom is 0.136 e. The van der Waals surface area contributed by atoms with Crippen molar-refractivity contribution in [1.29, 1.82) is 0 Å². The van der Waals surface area contributed by atoms with E-state index in [2.05, 4.69) is 49.9 Å². The Balaban J connectivity index is 2.62. The van der Waals surface area contributed by atoms with Crippen LogP contribution in [0.3, 0.4) is 0 Å². The molecule has 2 aromatic rings. The highest BCUT2D eigenvalue weighted by Gasteiger charge is 2.21. The normalized spacial score (nSPS) is 11.6. The predicted octanol–water partition coefficient (Wildman–Crippen LogP) is 3.51. The quantitative estimate of drug-likeness (QED) is 0.885. The number of H-pyrrole nitrogens is 1. The molecule has 0 aliphatic rings. The fourth-order valence-corrected chi connectivity index (χ4v) is 1.93. The van der Waals surface area contributed by atoms with Gasteiger partial charge in [0.2, 0.25) is 0 Å². The standard InChI is InChI=1S/C15H22N4/c1-6-16-13-10(2)12(11-8-7-9-17-11)18-14(19-13)15(3,4)5/h7-9,17H,6H2,1-5H3,(H,16,18,19). The van der Waals surface area contributed by atoms with Crippen LogP contribution in [-0.2, 0) is 5.41 Å². The number of anilines is 1. The minimum atomic E-state index is -0.0702. The Morgan fingerprint density at radius 2 is 2.00 bits per heavy atom. The maximum absolute atomic E-state index is 4.75. The van der Waals surface area contributed by atoms with Crippen LogP contribution in [0.2, 0.25) is 0 Å². The van der Waals surface area contributed by atoms with Gasteiger partial charge in [0.25, 0.3) is 0 Å². The number of nitrogens with one attached hydrogen (secondary N) is 2. The fraction of sp³-hybridized carbons (Fsp3) is 0.467. The highest BCUT2D eigenvalue weighted by molar-refractivity contribution is 5.65. The molecule has 2 N–H and O–H groups in total. The largest absolute Gasteiger partial charge is 0.370 e. The summed E-state index contributed by atoms with van der Waals surface area (Å²) >= 11 is 0. The van der Waals surface area contributed by atoms with E-state index in [4.69, 9.17) is 4.98 Å². The first-order chi connectivity index (χ1) is 8.93. The van der Waals surface area contributed by atoms with Gasteiger partial charge in [-0.15, -0.1) is 0 Å². The molecule has 2 aromatic heterocycles. The van der Waals surface area contributed by atoms with Crippen LogP contribution in [0.4, 0.5) is 5.82 Å². The third-order valence-electron chi connectivity index (χ3n) is 3.01. The topological polar surface area (TPSA) is 53.6 Å². The van der Waals surface area contributed by atoms with E-state index < -0.39 is 0 Å². The molecule has 0 aliphatic heterocycles. The molecular formula is C15H22N4. The molecule has 0 spiro atoms. The molecule has 0 atom stereocenters. The van der Waals surface area contributed by atoms with E-state index in [9.17, 15) is 0 Å². The molecule has 4 heteroatoms. The highest BCUT2D eigenvalue weighted by Crippen LogP contribution is 2.28. The van der Waals surface area contributed by atoms with Crippen LogP contribution >= 0.6 is 0 Å². The van der Waals surface area contributed by atoms with Crippen molar-refractivity contribution in [2.75, 3.05) is 11.9 Å². The predicted molar refractivity (Wildman–Crippen MR) is 79.4 cm³/mol. The summed E-state index contributed by atoms with van der Waals surface area (Å²) < 4.78 is 0. The molecule has 4 nitrogen and oxygen atoms in total. The Morgan fingerprint density at radius 3 is 2.53 bits per heavy atom. The van der Waals surface area contributed by atoms with Crippen LogP contribution in [0.1, 0.15) is 39.1 Å². The van der Waals surface area contributed by atoms with Gasteiger partial charge in [0.15, 0.2) is 0 Å². The van der Waals surface area contributed by atoms with Crippen LogP contribution < -0.4 is 5.32 Å². The number of rotatable bonds is 3. The zero-order valence-corrected chi connectivity index (χ0v) is 12.3. The van der Waals surface area contributed by atoms with Gasteiger partial charge in [-0.3, -0.25) is 0 Å². The van der Waals surface area contributed by atoms with Gasteiger partial charge in [-0.05, 0) is 26.0 Å². The second-order valence-corrected chi connectivity index (χ2v) is 5.73. The van der Waals surface area contributed by atoms with E-state index in [0.717, 1.165) is 35.1 Å². The van der Waals surface area contributed by atoms with Gasteiger partial charge in [-0.2, -0.15) is 0 Å². The lowest BCUT2D eigenvalue weighted by Gasteiger charge is -2.20. The maximum atomic E-state index is 4.75. The number of aromatic nitrogens is 3. The Hall–Kier alpha value is -1.84. The fourth-order valence-electron chi connectivity index (χ4n) is 1.93. The first-order valence-electron chi connectivity index (χ1n) is 6.70. The van der Waals surface area contributed by atoms with E-state index in [0.29, 0.717) is 0 Å². The van der Waals surface area contributed by atoms with Crippen LogP contribution in [0.5, 0.6) is 0 Å². The summed E-state index contributed by atoms with van der Waals surface area (Å²) in [6.07, 6.45) is 1.92. The van der Waals surface area contributed by atoms with Crippen LogP contribution in [0, 0.1) is 6.92 Å². The molecule has 0 fully saturated rings. The zero-order chi connectivity index (χ0) is 14.0. The molecule has 0 radical (unpaired) electrons. The number of aromatic amines is 1. The first-order valence-corrected chi connectivity index (χ1v) is 6.70. The Labute approximate surface area is 114 Å². The van der Waals surface area contributed by atoms with E-state index in [1.807, 2.05) is 18.3 Å². The zero-order valence-electron chi connectivity index (χ0n) is 12.3. The molecule has 0 bridgehead atoms. The van der Waals surface area contributed by atoms with Crippen molar-refractivity contribution >= 4 is 5.82 Å². The van der Waals surface area contributed by atoms with Crippen LogP contribution in [0.15, 0.2) is 18.3 Å². The summed E-state index contributed by atoms with van der Waals surface area (Å²) in [4.78, 5) is 12.6. The molecule has 0 saturated carbocycles. The average Bonchev–Trinajstić information content (AvgIpc) is 2.84. The van der Waals surface area contributed by atoms with E-state index in [1.54, 1.807) is 0 Å². The van der Waals surface area contributed by atoms with Gasteiger partial charge in [-0.25, -0.2) is 9.97 Å². The summed E-state index contributed by atoms with van der Waals surface area (Å²) in [5, 5.41) is 3.33. The lowest BCUT2D eigenvalue weighted by Crippen LogP contribution is -2.19. The molecule has 0 saturated heterocycles. The molecule has 0 aliphatic carbocycles. The molecule has 19 heavy (non-hydrogen) atoms. The van der Waals surface area contributed by atoms with Crippen LogP contribution in [-0.4, -0.2) is 21.5 Å². The van der Waals surface area contributed by atoms with E-state index in [1.165, 1.54) is 0 Å². The van der Waals surface area contributed by atoms with Crippen molar-refractivity contribution in [3.8, 4) is 11.4 Å². The monoisotopic (exact) mass is 258 g/mol. The van der Waals surface area contributed by atoms with Crippen molar-refractivity contribution in [3.63, 3.8) is 0 Å². The third kappa shape index (κ3) is 2.78. The molecule has 0 amide bonds. The summed E-state index contributed by atoms with van der Waals surface area (Å²) in [6, 6.07) is 4.03. The Morgan fingerprint density at radius 1 is 1.26 bits per heavy atom. The Kier molecular flexibility index (Phi) is 3.60. The van der Waals surface area contributed by atoms with Gasteiger partial charge in [0.1, 0.15) is 11.6 Å². The van der Waals surface area contributed by atoms with E-state index >= 15 is 0 Å². The number of hydrogen-bond donors (Lipinski definition) is 2. The summed E-state index contributed by atoms with van der Waals surface area (Å²) in [7, 11) is 0. The highest BCUT2D eigenvalue weighted by atomic mass is 15.0. The van der Waals surface area contributed by atoms with E-state index in [-0.39, 0.29) is 5.41 Å². The van der Waals surface area contributed by atoms with Crippen molar-refractivity contribution in [1.82, 2.24) is 15.0 Å². The van der Waals surface area contributed by atoms with Crippen molar-refractivity contribution < 1.29 is 0 Å². The molecule has 102 valence electrons. The van der Waals surface area contributed by atoms with Crippen LogP contribution in [0.25, 0.3) is 11.4 Å². The second kappa shape index (κ2) is 5.03. The lowest BCUT2D eigenvalue weighted by atomic mass is 9.95. The number of nitrogens with zero attached hydrogens (tertiary/aromatic N) is 2. The smallest absolute Gasteiger partial charge is 0.136 e. The summed E-state index contributed by atoms with van der Waals surface area (Å²) in [5.41, 5.74) is 3.02. The van der Waals surface area contributed by atoms with Gasteiger partial charge < -0.3 is 10.3 Å². The molecular weight excluding hydrogens is 236 g/mol. The van der Waals surface area contributed by atoms with Crippen molar-refractivity contribution in [2.45, 2.75) is 40.0 Å². The van der Waals surface area contributed by atoms with Crippen molar-refractivity contribution in [2.24, 2.45) is 0 Å². The van der Waals surface area contributed by atoms with Gasteiger partial charge in [-0.1, -0.05) is 20.8 Å². The third-order valence-corrected chi connectivity index (χ3v) is 3.01. The molecule has 2 heterocycles. The van der Waals surface area contributed by atoms with Gasteiger partial charge >= 0.3 is 0 Å². The lowest BCUT2D eigenvalue weighted by molar-refractivity contribution is 0.546. The van der Waals surface area contributed by atoms with Gasteiger partial charge in [0, 0.05) is 23.7 Å². The minimum Gasteiger partial charge on any atom is -0.370 e. The Bertz CT molecular complexity index is 550. The minimum absolute atomic E-state index is 0.0702. The van der Waals surface area contributed by atoms with Crippen molar-refractivity contribution in [3.05, 3.63) is 29.7 Å². The number of hydrogen-bond acceptors (Lipinski definition) is 3. The summed E-state index contributed by atoms with van der Waals surface area (Å²) in [6.45, 7) is 11.4. The molecule has 2 rings (SSSR count). The van der Waals surface area contributed by atoms with Gasteiger partial charge in [0.05, 0.1) is 11.4 Å². The summed E-state index contributed by atoms with van der Waals surface area (Å²) in [5.74, 6) is 1.78. The second-order valence-electron chi connectivity index (χ2n) is 5.73.